The Bertz CT molecular complexity index is 752. The van der Waals surface area contributed by atoms with Crippen LogP contribution in [0, 0.1) is 6.92 Å². The molecule has 0 saturated heterocycles. The number of hydrogen-bond acceptors (Lipinski definition) is 5. The highest BCUT2D eigenvalue weighted by Gasteiger charge is 2.13. The average Bonchev–Trinajstić information content (AvgIpc) is 2.90. The molecule has 0 radical (unpaired) electrons. The second-order valence-electron chi connectivity index (χ2n) is 4.55. The minimum Gasteiger partial charge on any atom is -0.347 e. The average molecular weight is 339 g/mol. The zero-order chi connectivity index (χ0) is 16.2. The molecule has 0 unspecified atom stereocenters. The van der Waals surface area contributed by atoms with Crippen LogP contribution in [0.5, 0.6) is 0 Å². The zero-order valence-corrected chi connectivity index (χ0v) is 13.9. The van der Waals surface area contributed by atoms with E-state index in [2.05, 4.69) is 15.0 Å². The van der Waals surface area contributed by atoms with E-state index in [9.17, 15) is 13.2 Å². The van der Waals surface area contributed by atoms with E-state index in [1.807, 2.05) is 6.92 Å². The van der Waals surface area contributed by atoms with Gasteiger partial charge in [0, 0.05) is 23.2 Å². The standard InChI is InChI=1S/C14H17N3O3S2/c1-3-17-22(19,20)13-6-4-11(5-7-13)14(18)16-9-12-8-15-10(2)21-12/h4-8,17H,3,9H2,1-2H3,(H,16,18). The lowest BCUT2D eigenvalue weighted by Gasteiger charge is -2.06. The SMILES string of the molecule is CCNS(=O)(=O)c1ccc(C(=O)NCc2cnc(C)s2)cc1. The number of carbonyl (C=O) groups is 1. The summed E-state index contributed by atoms with van der Waals surface area (Å²) in [5, 5.41) is 3.72. The molecule has 1 amide bonds. The minimum absolute atomic E-state index is 0.143. The molecular weight excluding hydrogens is 322 g/mol. The van der Waals surface area contributed by atoms with Crippen LogP contribution in [0.4, 0.5) is 0 Å². The van der Waals surface area contributed by atoms with Gasteiger partial charge in [0.15, 0.2) is 0 Å². The van der Waals surface area contributed by atoms with Crippen molar-refractivity contribution in [2.45, 2.75) is 25.3 Å². The van der Waals surface area contributed by atoms with Crippen LogP contribution in [0.1, 0.15) is 27.2 Å². The lowest BCUT2D eigenvalue weighted by Crippen LogP contribution is -2.24. The Morgan fingerprint density at radius 3 is 2.50 bits per heavy atom. The molecule has 2 rings (SSSR count). The zero-order valence-electron chi connectivity index (χ0n) is 12.3. The highest BCUT2D eigenvalue weighted by Crippen LogP contribution is 2.12. The fraction of sp³-hybridized carbons (Fsp3) is 0.286. The van der Waals surface area contributed by atoms with Crippen LogP contribution in [0.3, 0.4) is 0 Å². The smallest absolute Gasteiger partial charge is 0.251 e. The molecule has 1 heterocycles. The normalized spacial score (nSPS) is 11.4. The number of rotatable bonds is 6. The van der Waals surface area contributed by atoms with Gasteiger partial charge in [-0.05, 0) is 31.2 Å². The van der Waals surface area contributed by atoms with Crippen molar-refractivity contribution in [3.05, 3.63) is 45.9 Å². The molecule has 0 aliphatic heterocycles. The third-order valence-corrected chi connectivity index (χ3v) is 5.33. The van der Waals surface area contributed by atoms with Crippen molar-refractivity contribution in [1.82, 2.24) is 15.0 Å². The summed E-state index contributed by atoms with van der Waals surface area (Å²) in [6.07, 6.45) is 1.73. The fourth-order valence-electron chi connectivity index (χ4n) is 1.82. The number of benzene rings is 1. The van der Waals surface area contributed by atoms with Crippen molar-refractivity contribution < 1.29 is 13.2 Å². The van der Waals surface area contributed by atoms with Gasteiger partial charge in [0.2, 0.25) is 10.0 Å². The number of thiazole rings is 1. The van der Waals surface area contributed by atoms with E-state index < -0.39 is 10.0 Å². The number of sulfonamides is 1. The van der Waals surface area contributed by atoms with Gasteiger partial charge in [-0.1, -0.05) is 6.92 Å². The van der Waals surface area contributed by atoms with Gasteiger partial charge < -0.3 is 5.32 Å². The maximum Gasteiger partial charge on any atom is 0.251 e. The quantitative estimate of drug-likeness (QED) is 0.838. The third kappa shape index (κ3) is 4.12. The Morgan fingerprint density at radius 1 is 1.27 bits per heavy atom. The van der Waals surface area contributed by atoms with Gasteiger partial charge in [0.25, 0.3) is 5.91 Å². The summed E-state index contributed by atoms with van der Waals surface area (Å²) >= 11 is 1.52. The van der Waals surface area contributed by atoms with Gasteiger partial charge in [0.05, 0.1) is 16.4 Å². The van der Waals surface area contributed by atoms with E-state index >= 15 is 0 Å². The van der Waals surface area contributed by atoms with E-state index in [0.717, 1.165) is 9.88 Å². The molecular formula is C14H17N3O3S2. The molecule has 118 valence electrons. The van der Waals surface area contributed by atoms with Crippen LogP contribution >= 0.6 is 11.3 Å². The van der Waals surface area contributed by atoms with Crippen LogP contribution in [0.15, 0.2) is 35.4 Å². The van der Waals surface area contributed by atoms with Crippen molar-refractivity contribution in [3.8, 4) is 0 Å². The fourth-order valence-corrected chi connectivity index (χ4v) is 3.59. The van der Waals surface area contributed by atoms with Crippen molar-refractivity contribution in [1.29, 1.82) is 0 Å². The number of nitrogens with one attached hydrogen (secondary N) is 2. The van der Waals surface area contributed by atoms with Crippen molar-refractivity contribution in [2.75, 3.05) is 6.54 Å². The van der Waals surface area contributed by atoms with Gasteiger partial charge in [0.1, 0.15) is 0 Å². The summed E-state index contributed by atoms with van der Waals surface area (Å²) in [6.45, 7) is 4.33. The van der Waals surface area contributed by atoms with E-state index in [4.69, 9.17) is 0 Å². The van der Waals surface area contributed by atoms with Gasteiger partial charge >= 0.3 is 0 Å². The molecule has 0 bridgehead atoms. The molecule has 0 aliphatic rings. The van der Waals surface area contributed by atoms with Crippen molar-refractivity contribution in [3.63, 3.8) is 0 Å². The molecule has 0 saturated carbocycles. The van der Waals surface area contributed by atoms with Crippen LogP contribution in [-0.2, 0) is 16.6 Å². The molecule has 1 aromatic heterocycles. The molecule has 0 atom stereocenters. The van der Waals surface area contributed by atoms with Gasteiger partial charge in [-0.2, -0.15) is 0 Å². The maximum atomic E-state index is 12.0. The summed E-state index contributed by atoms with van der Waals surface area (Å²) in [5.41, 5.74) is 0.414. The number of aryl methyl sites for hydroxylation is 1. The maximum absolute atomic E-state index is 12.0. The second kappa shape index (κ2) is 6.99. The highest BCUT2D eigenvalue weighted by atomic mass is 32.2. The largest absolute Gasteiger partial charge is 0.347 e. The predicted octanol–water partition coefficient (Wildman–Crippen LogP) is 1.68. The van der Waals surface area contributed by atoms with E-state index in [-0.39, 0.29) is 10.8 Å². The number of carbonyl (C=O) groups excluding carboxylic acids is 1. The van der Waals surface area contributed by atoms with Gasteiger partial charge in [-0.3, -0.25) is 4.79 Å². The summed E-state index contributed by atoms with van der Waals surface area (Å²) in [5.74, 6) is -0.251. The monoisotopic (exact) mass is 339 g/mol. The Balaban J connectivity index is 2.02. The molecule has 0 aliphatic carbocycles. The summed E-state index contributed by atoms with van der Waals surface area (Å²) in [7, 11) is -3.49. The van der Waals surface area contributed by atoms with Crippen LogP contribution in [-0.4, -0.2) is 25.9 Å². The lowest BCUT2D eigenvalue weighted by atomic mass is 10.2. The van der Waals surface area contributed by atoms with Crippen molar-refractivity contribution in [2.24, 2.45) is 0 Å². The third-order valence-electron chi connectivity index (χ3n) is 2.85. The van der Waals surface area contributed by atoms with Gasteiger partial charge in [-0.25, -0.2) is 18.1 Å². The number of nitrogens with zero attached hydrogens (tertiary/aromatic N) is 1. The number of amides is 1. The summed E-state index contributed by atoms with van der Waals surface area (Å²) < 4.78 is 26.0. The number of aromatic nitrogens is 1. The molecule has 0 fully saturated rings. The molecule has 2 N–H and O–H groups in total. The van der Waals surface area contributed by atoms with E-state index in [1.54, 1.807) is 13.1 Å². The van der Waals surface area contributed by atoms with Crippen LogP contribution in [0.2, 0.25) is 0 Å². The topological polar surface area (TPSA) is 88.2 Å². The van der Waals surface area contributed by atoms with Gasteiger partial charge in [-0.15, -0.1) is 11.3 Å². The number of hydrogen-bond donors (Lipinski definition) is 2. The minimum atomic E-state index is -3.49. The summed E-state index contributed by atoms with van der Waals surface area (Å²) in [4.78, 5) is 17.2. The lowest BCUT2D eigenvalue weighted by molar-refractivity contribution is 0.0951. The Morgan fingerprint density at radius 2 is 1.95 bits per heavy atom. The van der Waals surface area contributed by atoms with Crippen molar-refractivity contribution >= 4 is 27.3 Å². The Labute approximate surface area is 133 Å². The first-order chi connectivity index (χ1) is 10.4. The van der Waals surface area contributed by atoms with Crippen LogP contribution < -0.4 is 10.0 Å². The second-order valence-corrected chi connectivity index (χ2v) is 7.64. The highest BCUT2D eigenvalue weighted by molar-refractivity contribution is 7.89. The first-order valence-electron chi connectivity index (χ1n) is 6.71. The molecule has 1 aromatic carbocycles. The van der Waals surface area contributed by atoms with E-state index in [0.29, 0.717) is 18.7 Å². The molecule has 2 aromatic rings. The Hall–Kier alpha value is -1.77. The molecule has 0 spiro atoms. The first-order valence-corrected chi connectivity index (χ1v) is 9.01. The Kier molecular flexibility index (Phi) is 5.28. The molecule has 8 heteroatoms. The summed E-state index contributed by atoms with van der Waals surface area (Å²) in [6, 6.07) is 5.84. The van der Waals surface area contributed by atoms with E-state index in [1.165, 1.54) is 35.6 Å². The first kappa shape index (κ1) is 16.6. The van der Waals surface area contributed by atoms with Crippen LogP contribution in [0.25, 0.3) is 0 Å². The molecule has 22 heavy (non-hydrogen) atoms. The predicted molar refractivity (Wildman–Crippen MR) is 85.3 cm³/mol. The molecule has 6 nitrogen and oxygen atoms in total.